The molecule has 9 heteroatoms. The molecule has 3 heterocycles. The fourth-order valence-corrected chi connectivity index (χ4v) is 5.17. The Labute approximate surface area is 170 Å². The molecule has 4 atom stereocenters. The zero-order chi connectivity index (χ0) is 21.0. The number of aromatic nitrogens is 3. The highest BCUT2D eigenvalue weighted by Gasteiger charge is 2.42. The summed E-state index contributed by atoms with van der Waals surface area (Å²) in [7, 11) is 0. The summed E-state index contributed by atoms with van der Waals surface area (Å²) in [5, 5.41) is 6.79. The van der Waals surface area contributed by atoms with E-state index < -0.39 is 17.8 Å². The quantitative estimate of drug-likeness (QED) is 0.674. The molecule has 0 spiro atoms. The van der Waals surface area contributed by atoms with Gasteiger partial charge in [-0.15, -0.1) is 0 Å². The molecule has 2 aliphatic carbocycles. The lowest BCUT2D eigenvalue weighted by molar-refractivity contribution is -0.142. The van der Waals surface area contributed by atoms with E-state index in [4.69, 9.17) is 4.42 Å². The van der Waals surface area contributed by atoms with E-state index in [0.717, 1.165) is 24.6 Å². The molecule has 2 fully saturated rings. The molecule has 0 saturated heterocycles. The van der Waals surface area contributed by atoms with Crippen molar-refractivity contribution in [3.05, 3.63) is 41.9 Å². The number of furan rings is 1. The molecule has 6 nitrogen and oxygen atoms in total. The molecule has 3 aromatic rings. The smallest absolute Gasteiger partial charge is 0.433 e. The predicted octanol–water partition coefficient (Wildman–Crippen LogP) is 4.56. The summed E-state index contributed by atoms with van der Waals surface area (Å²) in [4.78, 5) is 17.2. The van der Waals surface area contributed by atoms with Crippen LogP contribution in [0.15, 0.2) is 35.1 Å². The van der Waals surface area contributed by atoms with Crippen LogP contribution >= 0.6 is 0 Å². The third-order valence-corrected chi connectivity index (χ3v) is 6.57. The fraction of sp³-hybridized carbons (Fsp3) is 0.476. The topological polar surface area (TPSA) is 72.4 Å². The monoisotopic (exact) mass is 418 g/mol. The van der Waals surface area contributed by atoms with Crippen molar-refractivity contribution in [2.24, 2.45) is 17.8 Å². The number of halogens is 3. The molecule has 2 saturated carbocycles. The van der Waals surface area contributed by atoms with E-state index in [-0.39, 0.29) is 28.7 Å². The van der Waals surface area contributed by atoms with Gasteiger partial charge in [-0.3, -0.25) is 4.79 Å². The van der Waals surface area contributed by atoms with Crippen LogP contribution in [0.2, 0.25) is 0 Å². The van der Waals surface area contributed by atoms with E-state index in [1.165, 1.54) is 31.6 Å². The highest BCUT2D eigenvalue weighted by molar-refractivity contribution is 6.00. The molecule has 2 aliphatic rings. The van der Waals surface area contributed by atoms with E-state index in [2.05, 4.69) is 15.4 Å². The average molecular weight is 418 g/mol. The second-order valence-electron chi connectivity index (χ2n) is 8.40. The number of alkyl halides is 3. The van der Waals surface area contributed by atoms with Crippen LogP contribution in [-0.4, -0.2) is 26.5 Å². The Morgan fingerprint density at radius 1 is 1.33 bits per heavy atom. The van der Waals surface area contributed by atoms with E-state index in [9.17, 15) is 18.0 Å². The Balaban J connectivity index is 1.50. The molecule has 2 bridgehead atoms. The maximum atomic E-state index is 13.6. The molecular formula is C21H21F3N4O2. The van der Waals surface area contributed by atoms with Crippen LogP contribution in [0.5, 0.6) is 0 Å². The molecule has 0 aromatic carbocycles. The number of amides is 1. The Morgan fingerprint density at radius 3 is 2.80 bits per heavy atom. The normalized spacial score (nSPS) is 24.5. The van der Waals surface area contributed by atoms with Crippen LogP contribution in [0, 0.1) is 17.8 Å². The Bertz CT molecular complexity index is 1090. The minimum atomic E-state index is -4.67. The lowest BCUT2D eigenvalue weighted by Gasteiger charge is -2.28. The van der Waals surface area contributed by atoms with Gasteiger partial charge in [0, 0.05) is 6.04 Å². The minimum Gasteiger partial charge on any atom is -0.463 e. The summed E-state index contributed by atoms with van der Waals surface area (Å²) in [5.41, 5.74) is -1.15. The number of rotatable bonds is 4. The number of fused-ring (bicyclic) bond motifs is 3. The maximum Gasteiger partial charge on any atom is 0.433 e. The molecule has 158 valence electrons. The second-order valence-corrected chi connectivity index (χ2v) is 8.40. The predicted molar refractivity (Wildman–Crippen MR) is 102 cm³/mol. The molecular weight excluding hydrogens is 397 g/mol. The van der Waals surface area contributed by atoms with Crippen molar-refractivity contribution >= 4 is 11.6 Å². The summed E-state index contributed by atoms with van der Waals surface area (Å²) in [6.07, 6.45) is 2.59. The third-order valence-electron chi connectivity index (χ3n) is 6.57. The van der Waals surface area contributed by atoms with Gasteiger partial charge >= 0.3 is 6.18 Å². The van der Waals surface area contributed by atoms with Crippen molar-refractivity contribution in [3.63, 3.8) is 0 Å². The molecule has 30 heavy (non-hydrogen) atoms. The van der Waals surface area contributed by atoms with Crippen molar-refractivity contribution in [2.75, 3.05) is 0 Å². The molecule has 0 radical (unpaired) electrons. The van der Waals surface area contributed by atoms with E-state index in [0.29, 0.717) is 16.4 Å². The van der Waals surface area contributed by atoms with E-state index >= 15 is 0 Å². The first-order valence-corrected chi connectivity index (χ1v) is 10.1. The largest absolute Gasteiger partial charge is 0.463 e. The van der Waals surface area contributed by atoms with Gasteiger partial charge in [0.25, 0.3) is 5.91 Å². The summed E-state index contributed by atoms with van der Waals surface area (Å²) in [6.45, 7) is 1.97. The highest BCUT2D eigenvalue weighted by atomic mass is 19.4. The third kappa shape index (κ3) is 3.16. The average Bonchev–Trinajstić information content (AvgIpc) is 3.50. The number of nitrogens with one attached hydrogen (secondary N) is 1. The van der Waals surface area contributed by atoms with Crippen molar-refractivity contribution in [1.82, 2.24) is 19.9 Å². The van der Waals surface area contributed by atoms with Crippen LogP contribution in [-0.2, 0) is 6.18 Å². The van der Waals surface area contributed by atoms with Gasteiger partial charge in [0.05, 0.1) is 12.5 Å². The van der Waals surface area contributed by atoms with Crippen LogP contribution in [0.25, 0.3) is 17.1 Å². The van der Waals surface area contributed by atoms with Gasteiger partial charge in [0.1, 0.15) is 11.3 Å². The van der Waals surface area contributed by atoms with Crippen LogP contribution in [0.4, 0.5) is 13.2 Å². The van der Waals surface area contributed by atoms with Gasteiger partial charge in [-0.05, 0) is 62.1 Å². The SMILES string of the molecule is C[C@@H](NC(=O)c1cnn2c(C(F)(F)F)cc(-c3ccco3)nc12)[C@H]1C[C@@H]2CC[C@@H]1C2. The van der Waals surface area contributed by atoms with Gasteiger partial charge in [-0.2, -0.15) is 18.3 Å². The maximum absolute atomic E-state index is 13.6. The molecule has 5 rings (SSSR count). The molecule has 1 amide bonds. The van der Waals surface area contributed by atoms with Crippen LogP contribution in [0.3, 0.4) is 0 Å². The van der Waals surface area contributed by atoms with Crippen molar-refractivity contribution < 1.29 is 22.4 Å². The standard InChI is InChI=1S/C21H21F3N4O2/c1-11(14-8-12-4-5-13(14)7-12)26-20(29)15-10-25-28-18(21(22,23)24)9-16(27-19(15)28)17-3-2-6-30-17/h2-3,6,9-14H,4-5,7-8H2,1H3,(H,26,29)/t11-,12-,13-,14-/m1/s1. The first-order chi connectivity index (χ1) is 14.3. The highest BCUT2D eigenvalue weighted by Crippen LogP contribution is 2.49. The Hall–Kier alpha value is -2.84. The summed E-state index contributed by atoms with van der Waals surface area (Å²) < 4.78 is 46.8. The summed E-state index contributed by atoms with van der Waals surface area (Å²) in [6, 6.07) is 3.90. The fourth-order valence-electron chi connectivity index (χ4n) is 5.17. The Morgan fingerprint density at radius 2 is 2.17 bits per heavy atom. The molecule has 0 aliphatic heterocycles. The summed E-state index contributed by atoms with van der Waals surface area (Å²) >= 11 is 0. The van der Waals surface area contributed by atoms with Gasteiger partial charge in [0.2, 0.25) is 0 Å². The minimum absolute atomic E-state index is 0.00414. The number of carbonyl (C=O) groups is 1. The number of carbonyl (C=O) groups excluding carboxylic acids is 1. The van der Waals surface area contributed by atoms with Gasteiger partial charge in [-0.25, -0.2) is 9.50 Å². The Kier molecular flexibility index (Phi) is 4.37. The van der Waals surface area contributed by atoms with Gasteiger partial charge in [-0.1, -0.05) is 6.42 Å². The first kappa shape index (κ1) is 19.1. The zero-order valence-corrected chi connectivity index (χ0v) is 16.3. The van der Waals surface area contributed by atoms with Crippen molar-refractivity contribution in [1.29, 1.82) is 0 Å². The molecule has 3 aromatic heterocycles. The molecule has 1 N–H and O–H groups in total. The number of hydrogen-bond donors (Lipinski definition) is 1. The van der Waals surface area contributed by atoms with Gasteiger partial charge in [0.15, 0.2) is 17.1 Å². The van der Waals surface area contributed by atoms with Crippen LogP contribution in [0.1, 0.15) is 48.7 Å². The van der Waals surface area contributed by atoms with E-state index in [1.807, 2.05) is 6.92 Å². The van der Waals surface area contributed by atoms with Crippen LogP contribution < -0.4 is 5.32 Å². The number of nitrogens with zero attached hydrogens (tertiary/aromatic N) is 3. The second kappa shape index (κ2) is 6.85. The lowest BCUT2D eigenvalue weighted by atomic mass is 9.84. The van der Waals surface area contributed by atoms with Crippen molar-refractivity contribution in [3.8, 4) is 11.5 Å². The van der Waals surface area contributed by atoms with Crippen molar-refractivity contribution in [2.45, 2.75) is 44.8 Å². The zero-order valence-electron chi connectivity index (χ0n) is 16.3. The number of hydrogen-bond acceptors (Lipinski definition) is 4. The van der Waals surface area contributed by atoms with E-state index in [1.54, 1.807) is 6.07 Å². The summed E-state index contributed by atoms with van der Waals surface area (Å²) in [5.74, 6) is 1.49. The first-order valence-electron chi connectivity index (χ1n) is 10.1. The van der Waals surface area contributed by atoms with Gasteiger partial charge < -0.3 is 9.73 Å². The lowest BCUT2D eigenvalue weighted by Crippen LogP contribution is -2.40. The molecule has 0 unspecified atom stereocenters.